The lowest BCUT2D eigenvalue weighted by Crippen LogP contribution is -2.42. The fraction of sp³-hybridized carbons (Fsp3) is 0.600. The minimum atomic E-state index is -0.343. The molecule has 0 radical (unpaired) electrons. The highest BCUT2D eigenvalue weighted by atomic mass is 16.5. The lowest BCUT2D eigenvalue weighted by molar-refractivity contribution is 0.0599. The van der Waals surface area contributed by atoms with Crippen molar-refractivity contribution in [3.8, 4) is 0 Å². The summed E-state index contributed by atoms with van der Waals surface area (Å²) < 4.78 is 4.72. The van der Waals surface area contributed by atoms with Gasteiger partial charge in [0.25, 0.3) is 0 Å². The van der Waals surface area contributed by atoms with Gasteiger partial charge in [-0.05, 0) is 43.9 Å². The molecule has 1 saturated heterocycles. The van der Waals surface area contributed by atoms with E-state index in [1.165, 1.54) is 20.0 Å². The topological polar surface area (TPSA) is 63.2 Å². The molecular weight excluding hydrogens is 254 g/mol. The molecule has 0 amide bonds. The molecule has 5 nitrogen and oxygen atoms in total. The van der Waals surface area contributed by atoms with Gasteiger partial charge in [0.05, 0.1) is 18.4 Å². The van der Waals surface area contributed by atoms with Gasteiger partial charge in [-0.15, -0.1) is 0 Å². The summed E-state index contributed by atoms with van der Waals surface area (Å²) in [5, 5.41) is 6.81. The Labute approximate surface area is 120 Å². The van der Waals surface area contributed by atoms with Crippen molar-refractivity contribution in [2.24, 2.45) is 5.41 Å². The lowest BCUT2D eigenvalue weighted by atomic mass is 9.83. The van der Waals surface area contributed by atoms with Crippen molar-refractivity contribution >= 4 is 11.8 Å². The Morgan fingerprint density at radius 2 is 2.35 bits per heavy atom. The van der Waals surface area contributed by atoms with Crippen LogP contribution in [-0.2, 0) is 4.74 Å². The van der Waals surface area contributed by atoms with E-state index in [-0.39, 0.29) is 11.4 Å². The van der Waals surface area contributed by atoms with E-state index in [0.29, 0.717) is 11.3 Å². The molecule has 1 aromatic heterocycles. The SMILES string of the molecule is COC(=O)c1ccc(NCC2(C)CCCNC2)nc1C. The molecule has 0 bridgehead atoms. The number of rotatable bonds is 4. The number of ether oxygens (including phenoxy) is 1. The minimum absolute atomic E-state index is 0.259. The van der Waals surface area contributed by atoms with E-state index < -0.39 is 0 Å². The molecule has 1 aromatic rings. The van der Waals surface area contributed by atoms with Crippen molar-refractivity contribution in [1.82, 2.24) is 10.3 Å². The molecule has 2 heterocycles. The lowest BCUT2D eigenvalue weighted by Gasteiger charge is -2.34. The van der Waals surface area contributed by atoms with Gasteiger partial charge in [-0.2, -0.15) is 0 Å². The van der Waals surface area contributed by atoms with Crippen molar-refractivity contribution in [3.05, 3.63) is 23.4 Å². The van der Waals surface area contributed by atoms with E-state index in [1.54, 1.807) is 6.07 Å². The van der Waals surface area contributed by atoms with E-state index in [2.05, 4.69) is 22.5 Å². The Bertz CT molecular complexity index is 482. The third-order valence-electron chi connectivity index (χ3n) is 3.87. The van der Waals surface area contributed by atoms with Crippen LogP contribution in [0.1, 0.15) is 35.8 Å². The molecule has 0 spiro atoms. The summed E-state index contributed by atoms with van der Waals surface area (Å²) in [4.78, 5) is 15.9. The average Bonchev–Trinajstić information content (AvgIpc) is 2.45. The Morgan fingerprint density at radius 1 is 1.55 bits per heavy atom. The monoisotopic (exact) mass is 277 g/mol. The highest BCUT2D eigenvalue weighted by Gasteiger charge is 2.26. The number of esters is 1. The van der Waals surface area contributed by atoms with Crippen molar-refractivity contribution < 1.29 is 9.53 Å². The number of nitrogens with one attached hydrogen (secondary N) is 2. The number of anilines is 1. The zero-order chi connectivity index (χ0) is 14.6. The van der Waals surface area contributed by atoms with Gasteiger partial charge >= 0.3 is 5.97 Å². The van der Waals surface area contributed by atoms with Crippen LogP contribution < -0.4 is 10.6 Å². The number of aryl methyl sites for hydroxylation is 1. The molecule has 0 aliphatic carbocycles. The largest absolute Gasteiger partial charge is 0.465 e. The molecule has 1 atom stereocenters. The molecule has 5 heteroatoms. The smallest absolute Gasteiger partial charge is 0.339 e. The maximum Gasteiger partial charge on any atom is 0.339 e. The summed E-state index contributed by atoms with van der Waals surface area (Å²) >= 11 is 0. The van der Waals surface area contributed by atoms with Crippen LogP contribution in [0.4, 0.5) is 5.82 Å². The Kier molecular flexibility index (Phi) is 4.60. The van der Waals surface area contributed by atoms with Crippen LogP contribution in [-0.4, -0.2) is 37.7 Å². The molecule has 0 aromatic carbocycles. The normalized spacial score (nSPS) is 22.4. The third-order valence-corrected chi connectivity index (χ3v) is 3.87. The quantitative estimate of drug-likeness (QED) is 0.824. The van der Waals surface area contributed by atoms with Crippen molar-refractivity contribution in [2.75, 3.05) is 32.1 Å². The summed E-state index contributed by atoms with van der Waals surface area (Å²) in [7, 11) is 1.38. The second kappa shape index (κ2) is 6.22. The summed E-state index contributed by atoms with van der Waals surface area (Å²) in [5.41, 5.74) is 1.46. The maximum atomic E-state index is 11.5. The van der Waals surface area contributed by atoms with Crippen molar-refractivity contribution in [3.63, 3.8) is 0 Å². The molecule has 110 valence electrons. The molecule has 2 rings (SSSR count). The van der Waals surface area contributed by atoms with Crippen LogP contribution in [0.3, 0.4) is 0 Å². The highest BCUT2D eigenvalue weighted by Crippen LogP contribution is 2.25. The molecule has 0 saturated carbocycles. The number of aromatic nitrogens is 1. The van der Waals surface area contributed by atoms with Gasteiger partial charge in [0.1, 0.15) is 5.82 Å². The number of piperidine rings is 1. The molecule has 1 fully saturated rings. The van der Waals surface area contributed by atoms with Gasteiger partial charge in [0, 0.05) is 13.1 Å². The van der Waals surface area contributed by atoms with Gasteiger partial charge in [-0.25, -0.2) is 9.78 Å². The number of hydrogen-bond acceptors (Lipinski definition) is 5. The van der Waals surface area contributed by atoms with Crippen LogP contribution in [0, 0.1) is 12.3 Å². The Morgan fingerprint density at radius 3 is 2.95 bits per heavy atom. The highest BCUT2D eigenvalue weighted by molar-refractivity contribution is 5.90. The Balaban J connectivity index is 2.00. The average molecular weight is 277 g/mol. The van der Waals surface area contributed by atoms with E-state index >= 15 is 0 Å². The molecule has 20 heavy (non-hydrogen) atoms. The van der Waals surface area contributed by atoms with Crippen LogP contribution in [0.25, 0.3) is 0 Å². The number of methoxy groups -OCH3 is 1. The molecular formula is C15H23N3O2. The summed E-state index contributed by atoms with van der Waals surface area (Å²) in [6.45, 7) is 7.12. The number of pyridine rings is 1. The fourth-order valence-corrected chi connectivity index (χ4v) is 2.56. The third kappa shape index (κ3) is 3.48. The number of carbonyl (C=O) groups excluding carboxylic acids is 1. The molecule has 2 N–H and O–H groups in total. The molecule has 1 aliphatic rings. The molecule has 1 unspecified atom stereocenters. The van der Waals surface area contributed by atoms with Gasteiger partial charge in [0.15, 0.2) is 0 Å². The van der Waals surface area contributed by atoms with E-state index in [4.69, 9.17) is 4.74 Å². The van der Waals surface area contributed by atoms with Crippen LogP contribution in [0.5, 0.6) is 0 Å². The first-order valence-corrected chi connectivity index (χ1v) is 7.05. The van der Waals surface area contributed by atoms with Gasteiger partial charge in [0.2, 0.25) is 0 Å². The second-order valence-corrected chi connectivity index (χ2v) is 5.77. The van der Waals surface area contributed by atoms with Crippen LogP contribution >= 0.6 is 0 Å². The van der Waals surface area contributed by atoms with Crippen molar-refractivity contribution in [2.45, 2.75) is 26.7 Å². The van der Waals surface area contributed by atoms with E-state index in [1.807, 2.05) is 13.0 Å². The zero-order valence-corrected chi connectivity index (χ0v) is 12.5. The van der Waals surface area contributed by atoms with Gasteiger partial charge < -0.3 is 15.4 Å². The maximum absolute atomic E-state index is 11.5. The number of hydrogen-bond donors (Lipinski definition) is 2. The first-order valence-electron chi connectivity index (χ1n) is 7.05. The van der Waals surface area contributed by atoms with E-state index in [9.17, 15) is 4.79 Å². The first-order chi connectivity index (χ1) is 9.54. The predicted octanol–water partition coefficient (Wildman–Crippen LogP) is 1.98. The summed E-state index contributed by atoms with van der Waals surface area (Å²) in [6, 6.07) is 3.59. The zero-order valence-electron chi connectivity index (χ0n) is 12.5. The standard InChI is InChI=1S/C15H23N3O2/c1-11-12(14(19)20-3)5-6-13(18-11)17-10-15(2)7-4-8-16-9-15/h5-6,16H,4,7-10H2,1-3H3,(H,17,18). The molecule has 1 aliphatic heterocycles. The van der Waals surface area contributed by atoms with Crippen LogP contribution in [0.2, 0.25) is 0 Å². The minimum Gasteiger partial charge on any atom is -0.465 e. The van der Waals surface area contributed by atoms with Crippen LogP contribution in [0.15, 0.2) is 12.1 Å². The van der Waals surface area contributed by atoms with E-state index in [0.717, 1.165) is 25.5 Å². The predicted molar refractivity (Wildman–Crippen MR) is 79.0 cm³/mol. The second-order valence-electron chi connectivity index (χ2n) is 5.77. The Hall–Kier alpha value is -1.62. The fourth-order valence-electron chi connectivity index (χ4n) is 2.56. The first kappa shape index (κ1) is 14.8. The van der Waals surface area contributed by atoms with Gasteiger partial charge in [-0.3, -0.25) is 0 Å². The number of carbonyl (C=O) groups is 1. The van der Waals surface area contributed by atoms with Crippen molar-refractivity contribution in [1.29, 1.82) is 0 Å². The number of nitrogens with zero attached hydrogens (tertiary/aromatic N) is 1. The summed E-state index contributed by atoms with van der Waals surface area (Å²) in [5.74, 6) is 0.465. The summed E-state index contributed by atoms with van der Waals surface area (Å²) in [6.07, 6.45) is 2.43. The van der Waals surface area contributed by atoms with Gasteiger partial charge in [-0.1, -0.05) is 6.92 Å².